The second-order valence-corrected chi connectivity index (χ2v) is 3.84. The van der Waals surface area contributed by atoms with E-state index in [1.807, 2.05) is 0 Å². The predicted octanol–water partition coefficient (Wildman–Crippen LogP) is 3.68. The molecule has 0 N–H and O–H groups in total. The number of hydrogen-bond acceptors (Lipinski definition) is 0. The molecule has 0 radical (unpaired) electrons. The zero-order valence-corrected chi connectivity index (χ0v) is 9.03. The third-order valence-electron chi connectivity index (χ3n) is 2.11. The summed E-state index contributed by atoms with van der Waals surface area (Å²) in [5.41, 5.74) is 1.46. The van der Waals surface area contributed by atoms with Gasteiger partial charge in [0.1, 0.15) is 0 Å². The quantitative estimate of drug-likeness (QED) is 0.399. The van der Waals surface area contributed by atoms with Crippen LogP contribution in [-0.2, 0) is 0 Å². The van der Waals surface area contributed by atoms with Crippen LogP contribution in [0, 0.1) is 0 Å². The second kappa shape index (κ2) is 9.03. The van der Waals surface area contributed by atoms with E-state index in [9.17, 15) is 0 Å². The molecule has 0 aliphatic carbocycles. The molecule has 70 valence electrons. The summed E-state index contributed by atoms with van der Waals surface area (Å²) in [4.78, 5) is 0. The number of unbranched alkanes of at least 4 members (excludes halogenated alkanes) is 5. The van der Waals surface area contributed by atoms with Gasteiger partial charge in [0.25, 0.3) is 0 Å². The Hall–Kier alpha value is -0.0651. The van der Waals surface area contributed by atoms with Crippen molar-refractivity contribution >= 4 is 12.4 Å². The summed E-state index contributed by atoms with van der Waals surface area (Å²) in [6, 6.07) is 0. The molecule has 0 bridgehead atoms. The Morgan fingerprint density at radius 2 is 1.50 bits per heavy atom. The Balaban J connectivity index is 2.96. The molecule has 0 saturated carbocycles. The maximum absolute atomic E-state index is 2.35. The monoisotopic (exact) mass is 166 g/mol. The molecule has 0 heterocycles. The van der Waals surface area contributed by atoms with Crippen molar-refractivity contribution in [2.75, 3.05) is 0 Å². The molecule has 12 heavy (non-hydrogen) atoms. The summed E-state index contributed by atoms with van der Waals surface area (Å²) in [5.74, 6) is 0. The molecule has 0 saturated heterocycles. The van der Waals surface area contributed by atoms with Crippen molar-refractivity contribution in [3.8, 4) is 0 Å². The topological polar surface area (TPSA) is 0 Å². The first kappa shape index (κ1) is 11.9. The second-order valence-electron chi connectivity index (χ2n) is 3.84. The molecular formula is C11H23B. The van der Waals surface area contributed by atoms with Gasteiger partial charge in [0.05, 0.1) is 0 Å². The van der Waals surface area contributed by atoms with Crippen LogP contribution in [0.4, 0.5) is 0 Å². The van der Waals surface area contributed by atoms with Crippen molar-refractivity contribution in [3.63, 3.8) is 0 Å². The van der Waals surface area contributed by atoms with Gasteiger partial charge in [-0.05, 0) is 0 Å². The van der Waals surface area contributed by atoms with Crippen LogP contribution < -0.4 is 0 Å². The van der Waals surface area contributed by atoms with Gasteiger partial charge in [-0.25, -0.2) is 0 Å². The maximum atomic E-state index is 2.35. The summed E-state index contributed by atoms with van der Waals surface area (Å²) in [6.45, 7) is 8.97. The molecule has 0 aliphatic rings. The van der Waals surface area contributed by atoms with Crippen molar-refractivity contribution in [3.05, 3.63) is 0 Å². The molecule has 0 amide bonds. The first-order valence-corrected chi connectivity index (χ1v) is 5.40. The van der Waals surface area contributed by atoms with E-state index >= 15 is 0 Å². The van der Waals surface area contributed by atoms with E-state index in [2.05, 4.69) is 27.7 Å². The third-order valence-corrected chi connectivity index (χ3v) is 2.11. The van der Waals surface area contributed by atoms with Crippen molar-refractivity contribution in [2.24, 2.45) is 0 Å². The molecule has 0 aromatic rings. The Morgan fingerprint density at radius 1 is 0.917 bits per heavy atom. The van der Waals surface area contributed by atoms with E-state index < -0.39 is 0 Å². The Kier molecular flexibility index (Phi) is 8.98. The van der Waals surface area contributed by atoms with E-state index in [0.29, 0.717) is 0 Å². The normalized spacial score (nSPS) is 9.58. The number of rotatable bonds is 7. The van der Waals surface area contributed by atoms with Crippen molar-refractivity contribution < 1.29 is 0 Å². The van der Waals surface area contributed by atoms with Crippen LogP contribution in [0.25, 0.3) is 0 Å². The fourth-order valence-electron chi connectivity index (χ4n) is 1.32. The molecule has 0 aromatic carbocycles. The average Bonchev–Trinajstić information content (AvgIpc) is 2.02. The van der Waals surface area contributed by atoms with Crippen LogP contribution in [0.5, 0.6) is 0 Å². The van der Waals surface area contributed by atoms with Crippen LogP contribution >= 0.6 is 0 Å². The van der Waals surface area contributed by atoms with E-state index in [1.54, 1.807) is 0 Å². The minimum atomic E-state index is 1.29. The Labute approximate surface area is 78.7 Å². The fraction of sp³-hybridized carbons (Fsp3) is 0.909. The summed E-state index contributed by atoms with van der Waals surface area (Å²) in [7, 11) is 0. The molecule has 0 aromatic heterocycles. The van der Waals surface area contributed by atoms with Gasteiger partial charge in [-0.2, -0.15) is 0 Å². The zero-order valence-electron chi connectivity index (χ0n) is 9.03. The molecule has 0 spiro atoms. The van der Waals surface area contributed by atoms with Crippen LogP contribution in [0.3, 0.4) is 0 Å². The molecule has 0 rings (SSSR count). The van der Waals surface area contributed by atoms with Gasteiger partial charge in [0.2, 0.25) is 0 Å². The van der Waals surface area contributed by atoms with Crippen LogP contribution in [0.2, 0.25) is 6.32 Å². The van der Waals surface area contributed by atoms with Gasteiger partial charge >= 0.3 is 78.0 Å². The molecular weight excluding hydrogens is 143 g/mol. The van der Waals surface area contributed by atoms with Gasteiger partial charge in [-0.15, -0.1) is 0 Å². The summed E-state index contributed by atoms with van der Waals surface area (Å²) >= 11 is 0. The minimum absolute atomic E-state index is 1.29. The van der Waals surface area contributed by atoms with Gasteiger partial charge in [-0.3, -0.25) is 0 Å². The predicted molar refractivity (Wildman–Crippen MR) is 60.3 cm³/mol. The molecule has 0 unspecified atom stereocenters. The van der Waals surface area contributed by atoms with Crippen LogP contribution in [0.1, 0.15) is 59.3 Å². The van der Waals surface area contributed by atoms with E-state index in [-0.39, 0.29) is 0 Å². The summed E-state index contributed by atoms with van der Waals surface area (Å²) in [6.07, 6.45) is 9.74. The fourth-order valence-corrected chi connectivity index (χ4v) is 1.32. The van der Waals surface area contributed by atoms with Crippen molar-refractivity contribution in [1.82, 2.24) is 0 Å². The van der Waals surface area contributed by atoms with E-state index in [1.165, 1.54) is 50.3 Å². The Bertz CT molecular complexity index is 112. The summed E-state index contributed by atoms with van der Waals surface area (Å²) in [5, 5.41) is 0. The first-order valence-electron chi connectivity index (χ1n) is 5.40. The van der Waals surface area contributed by atoms with E-state index in [4.69, 9.17) is 0 Å². The van der Waals surface area contributed by atoms with E-state index in [0.717, 1.165) is 0 Å². The van der Waals surface area contributed by atoms with Crippen LogP contribution in [0.15, 0.2) is 0 Å². The van der Waals surface area contributed by atoms with Gasteiger partial charge < -0.3 is 0 Å². The van der Waals surface area contributed by atoms with Gasteiger partial charge in [0.15, 0.2) is 0 Å². The van der Waals surface area contributed by atoms with Crippen molar-refractivity contribution in [2.45, 2.75) is 65.6 Å². The van der Waals surface area contributed by atoms with Gasteiger partial charge in [0, 0.05) is 0 Å². The van der Waals surface area contributed by atoms with Gasteiger partial charge in [-0.1, -0.05) is 0 Å². The SMILES string of the molecule is CCCCCCCCB=C(C)C. The zero-order chi connectivity index (χ0) is 9.23. The first-order chi connectivity index (χ1) is 5.77. The Morgan fingerprint density at radius 3 is 2.08 bits per heavy atom. The molecule has 0 nitrogen and oxygen atoms in total. The third kappa shape index (κ3) is 9.93. The molecule has 1 heteroatoms. The standard InChI is InChI=1S/C11H23B/c1-4-5-6-7-8-9-10-12-11(2)3/h4-10H2,1-3H3. The average molecular weight is 166 g/mol. The van der Waals surface area contributed by atoms with Crippen molar-refractivity contribution in [1.29, 1.82) is 0 Å². The molecule has 0 fully saturated rings. The molecule has 0 aliphatic heterocycles. The molecule has 0 atom stereocenters. The summed E-state index contributed by atoms with van der Waals surface area (Å²) < 4.78 is 0. The van der Waals surface area contributed by atoms with Crippen LogP contribution in [-0.4, -0.2) is 12.4 Å². The number of hydrogen-bond donors (Lipinski definition) is 0.